The van der Waals surface area contributed by atoms with E-state index in [9.17, 15) is 22.0 Å². The van der Waals surface area contributed by atoms with Crippen molar-refractivity contribution < 1.29 is 22.0 Å². The number of halogens is 5. The van der Waals surface area contributed by atoms with Gasteiger partial charge in [-0.25, -0.2) is 0 Å². The van der Waals surface area contributed by atoms with E-state index in [-0.39, 0.29) is 13.0 Å². The fourth-order valence-electron chi connectivity index (χ4n) is 3.20. The minimum Gasteiger partial charge on any atom is -0.310 e. The van der Waals surface area contributed by atoms with Gasteiger partial charge in [-0.3, -0.25) is 0 Å². The number of hydrogen-bond donors (Lipinski definition) is 1. The van der Waals surface area contributed by atoms with Crippen LogP contribution in [0.2, 0.25) is 0 Å². The molecule has 0 fully saturated rings. The SMILES string of the molecule is CCC(CC(F)(F)C(F)(F)F)NCC1=CC=C2C=c3ccccc3=C21. The van der Waals surface area contributed by atoms with Gasteiger partial charge in [-0.1, -0.05) is 43.3 Å². The van der Waals surface area contributed by atoms with Gasteiger partial charge in [0, 0.05) is 19.0 Å². The van der Waals surface area contributed by atoms with Crippen molar-refractivity contribution in [1.82, 2.24) is 5.32 Å². The van der Waals surface area contributed by atoms with Crippen LogP contribution in [0.3, 0.4) is 0 Å². The third-order valence-electron chi connectivity index (χ3n) is 4.61. The Hall–Kier alpha value is -1.95. The first-order chi connectivity index (χ1) is 11.7. The quantitative estimate of drug-likeness (QED) is 0.771. The molecule has 1 aromatic carbocycles. The summed E-state index contributed by atoms with van der Waals surface area (Å²) in [5, 5.41) is 5.02. The Morgan fingerprint density at radius 3 is 2.44 bits per heavy atom. The Morgan fingerprint density at radius 2 is 1.76 bits per heavy atom. The van der Waals surface area contributed by atoms with Gasteiger partial charge in [-0.2, -0.15) is 22.0 Å². The van der Waals surface area contributed by atoms with Crippen molar-refractivity contribution in [1.29, 1.82) is 0 Å². The van der Waals surface area contributed by atoms with E-state index in [0.29, 0.717) is 0 Å². The monoisotopic (exact) mass is 355 g/mol. The van der Waals surface area contributed by atoms with Crippen molar-refractivity contribution in [3.63, 3.8) is 0 Å². The number of fused-ring (bicyclic) bond motifs is 2. The van der Waals surface area contributed by atoms with Crippen LogP contribution in [0.4, 0.5) is 22.0 Å². The van der Waals surface area contributed by atoms with Crippen LogP contribution in [0.5, 0.6) is 0 Å². The minimum absolute atomic E-state index is 0.192. The van der Waals surface area contributed by atoms with Gasteiger partial charge >= 0.3 is 12.1 Å². The normalized spacial score (nSPS) is 17.6. The summed E-state index contributed by atoms with van der Waals surface area (Å²) in [6.07, 6.45) is -0.701. The number of benzene rings is 1. The topological polar surface area (TPSA) is 12.0 Å². The molecular weight excluding hydrogens is 337 g/mol. The largest absolute Gasteiger partial charge is 0.453 e. The Kier molecular flexibility index (Phi) is 4.58. The summed E-state index contributed by atoms with van der Waals surface area (Å²) in [6, 6.07) is 6.92. The number of rotatable bonds is 6. The molecule has 6 heteroatoms. The van der Waals surface area contributed by atoms with Crippen LogP contribution in [0, 0.1) is 0 Å². The summed E-state index contributed by atoms with van der Waals surface area (Å²) in [5.74, 6) is -4.69. The third-order valence-corrected chi connectivity index (χ3v) is 4.61. The number of alkyl halides is 5. The number of hydrogen-bond acceptors (Lipinski definition) is 1. The highest BCUT2D eigenvalue weighted by atomic mass is 19.4. The second kappa shape index (κ2) is 6.41. The Bertz CT molecular complexity index is 845. The standard InChI is InChI=1S/C19H18F5N/c1-2-15(10-18(20,21)19(22,23)24)25-11-14-8-7-13-9-12-5-3-4-6-16(12)17(13)14/h3-9,15,25H,2,10-11H2,1H3. The maximum absolute atomic E-state index is 13.3. The molecule has 0 radical (unpaired) electrons. The maximum atomic E-state index is 13.3. The van der Waals surface area contributed by atoms with Gasteiger partial charge in [0.05, 0.1) is 0 Å². The highest BCUT2D eigenvalue weighted by Crippen LogP contribution is 2.39. The molecule has 0 spiro atoms. The molecule has 3 rings (SSSR count). The summed E-state index contributed by atoms with van der Waals surface area (Å²) in [6.45, 7) is 1.85. The van der Waals surface area contributed by atoms with Crippen LogP contribution in [-0.4, -0.2) is 24.7 Å². The lowest BCUT2D eigenvalue weighted by atomic mass is 10.0. The molecule has 0 aromatic heterocycles. The Morgan fingerprint density at radius 1 is 1.04 bits per heavy atom. The highest BCUT2D eigenvalue weighted by molar-refractivity contribution is 5.94. The van der Waals surface area contributed by atoms with E-state index in [4.69, 9.17) is 0 Å². The van der Waals surface area contributed by atoms with Gasteiger partial charge in [0.25, 0.3) is 0 Å². The summed E-state index contributed by atoms with van der Waals surface area (Å²) in [4.78, 5) is 0. The predicted molar refractivity (Wildman–Crippen MR) is 87.4 cm³/mol. The lowest BCUT2D eigenvalue weighted by Crippen LogP contribution is -2.44. The third kappa shape index (κ3) is 3.40. The van der Waals surface area contributed by atoms with E-state index in [2.05, 4.69) is 5.32 Å². The Labute approximate surface area is 142 Å². The molecule has 25 heavy (non-hydrogen) atoms. The van der Waals surface area contributed by atoms with E-state index >= 15 is 0 Å². The predicted octanol–water partition coefficient (Wildman–Crippen LogP) is 3.45. The molecule has 0 bridgehead atoms. The van der Waals surface area contributed by atoms with Crippen LogP contribution in [0.1, 0.15) is 19.8 Å². The zero-order valence-corrected chi connectivity index (χ0v) is 13.6. The van der Waals surface area contributed by atoms with Crippen molar-refractivity contribution in [3.8, 4) is 0 Å². The Balaban J connectivity index is 1.72. The van der Waals surface area contributed by atoms with Gasteiger partial charge in [0.15, 0.2) is 0 Å². The number of allylic oxidation sites excluding steroid dienone is 3. The first-order valence-corrected chi connectivity index (χ1v) is 8.13. The van der Waals surface area contributed by atoms with E-state index in [1.54, 1.807) is 6.92 Å². The molecule has 0 heterocycles. The van der Waals surface area contributed by atoms with Crippen LogP contribution in [-0.2, 0) is 0 Å². The molecule has 1 nitrogen and oxygen atoms in total. The second-order valence-corrected chi connectivity index (χ2v) is 6.31. The minimum atomic E-state index is -5.52. The van der Waals surface area contributed by atoms with Gasteiger partial charge in [-0.05, 0) is 39.7 Å². The van der Waals surface area contributed by atoms with Crippen LogP contribution in [0.15, 0.2) is 47.6 Å². The molecule has 0 saturated heterocycles. The summed E-state index contributed by atoms with van der Waals surface area (Å²) in [5.41, 5.74) is 2.98. The van der Waals surface area contributed by atoms with Crippen LogP contribution in [0.25, 0.3) is 11.6 Å². The molecule has 1 aromatic rings. The molecule has 2 aliphatic rings. The van der Waals surface area contributed by atoms with Gasteiger partial charge in [-0.15, -0.1) is 0 Å². The average Bonchev–Trinajstić information content (AvgIpc) is 3.09. The lowest BCUT2D eigenvalue weighted by molar-refractivity contribution is -0.286. The molecule has 134 valence electrons. The first kappa shape index (κ1) is 17.9. The highest BCUT2D eigenvalue weighted by Gasteiger charge is 2.57. The van der Waals surface area contributed by atoms with Gasteiger partial charge in [0.1, 0.15) is 0 Å². The van der Waals surface area contributed by atoms with Crippen LogP contribution < -0.4 is 15.8 Å². The summed E-state index contributed by atoms with van der Waals surface area (Å²) in [7, 11) is 0. The fourth-order valence-corrected chi connectivity index (χ4v) is 3.20. The average molecular weight is 355 g/mol. The van der Waals surface area contributed by atoms with E-state index in [0.717, 1.165) is 27.2 Å². The maximum Gasteiger partial charge on any atom is 0.453 e. The lowest BCUT2D eigenvalue weighted by Gasteiger charge is -2.25. The van der Waals surface area contributed by atoms with Crippen molar-refractivity contribution in [2.24, 2.45) is 0 Å². The van der Waals surface area contributed by atoms with Crippen molar-refractivity contribution in [2.45, 2.75) is 37.9 Å². The molecule has 0 amide bonds. The first-order valence-electron chi connectivity index (χ1n) is 8.13. The van der Waals surface area contributed by atoms with Gasteiger partial charge in [0.2, 0.25) is 0 Å². The van der Waals surface area contributed by atoms with E-state index in [1.165, 1.54) is 0 Å². The van der Waals surface area contributed by atoms with Crippen molar-refractivity contribution >= 4 is 11.6 Å². The molecule has 0 saturated carbocycles. The number of nitrogens with one attached hydrogen (secondary N) is 1. The molecule has 1 atom stereocenters. The zero-order valence-electron chi connectivity index (χ0n) is 13.6. The van der Waals surface area contributed by atoms with Crippen LogP contribution >= 0.6 is 0 Å². The second-order valence-electron chi connectivity index (χ2n) is 6.31. The van der Waals surface area contributed by atoms with Gasteiger partial charge < -0.3 is 5.32 Å². The van der Waals surface area contributed by atoms with Crippen molar-refractivity contribution in [2.75, 3.05) is 6.54 Å². The van der Waals surface area contributed by atoms with E-state index in [1.807, 2.05) is 42.5 Å². The fraction of sp³-hybridized carbons (Fsp3) is 0.368. The molecular formula is C19H18F5N. The molecule has 2 aliphatic carbocycles. The molecule has 0 aliphatic heterocycles. The summed E-state index contributed by atoms with van der Waals surface area (Å²) < 4.78 is 63.8. The van der Waals surface area contributed by atoms with Crippen molar-refractivity contribution in [3.05, 3.63) is 58.0 Å². The zero-order chi connectivity index (χ0) is 18.2. The van der Waals surface area contributed by atoms with E-state index < -0.39 is 24.6 Å². The summed E-state index contributed by atoms with van der Waals surface area (Å²) >= 11 is 0. The molecule has 1 unspecified atom stereocenters. The molecule has 1 N–H and O–H groups in total. The smallest absolute Gasteiger partial charge is 0.310 e.